The molecule has 1 unspecified atom stereocenters. The van der Waals surface area contributed by atoms with E-state index in [2.05, 4.69) is 16.3 Å². The normalized spacial score (nSPS) is 12.2. The molecule has 0 radical (unpaired) electrons. The number of benzene rings is 1. The van der Waals surface area contributed by atoms with E-state index in [0.29, 0.717) is 16.8 Å². The van der Waals surface area contributed by atoms with Crippen LogP contribution in [-0.4, -0.2) is 14.8 Å². The van der Waals surface area contributed by atoms with Crippen LogP contribution in [0.2, 0.25) is 0 Å². The molecule has 6 nitrogen and oxygen atoms in total. The predicted octanol–water partition coefficient (Wildman–Crippen LogP) is 1.58. The molecule has 3 rings (SSSR count). The molecule has 98 valence electrons. The van der Waals surface area contributed by atoms with Crippen LogP contribution >= 0.6 is 0 Å². The van der Waals surface area contributed by atoms with Crippen LogP contribution in [0.25, 0.3) is 11.1 Å². The van der Waals surface area contributed by atoms with E-state index in [9.17, 15) is 10.1 Å². The van der Waals surface area contributed by atoms with Crippen LogP contribution in [0.1, 0.15) is 17.2 Å². The molecule has 0 amide bonds. The molecule has 0 spiro atoms. The zero-order valence-corrected chi connectivity index (χ0v) is 10.6. The number of fused-ring (bicyclic) bond motifs is 1. The maximum Gasteiger partial charge on any atom is 0.419 e. The Hall–Kier alpha value is -2.94. The molecule has 1 aromatic carbocycles. The van der Waals surface area contributed by atoms with Gasteiger partial charge in [-0.25, -0.2) is 4.79 Å². The quantitative estimate of drug-likeness (QED) is 0.703. The van der Waals surface area contributed by atoms with Gasteiger partial charge >= 0.3 is 5.76 Å². The minimum Gasteiger partial charge on any atom is -0.408 e. The summed E-state index contributed by atoms with van der Waals surface area (Å²) in [6, 6.07) is 10.9. The third-order valence-corrected chi connectivity index (χ3v) is 3.17. The van der Waals surface area contributed by atoms with Gasteiger partial charge in [-0.1, -0.05) is 6.07 Å². The van der Waals surface area contributed by atoms with Crippen molar-refractivity contribution >= 4 is 11.1 Å². The zero-order chi connectivity index (χ0) is 14.1. The molecule has 0 fully saturated rings. The highest BCUT2D eigenvalue weighted by atomic mass is 16.4. The van der Waals surface area contributed by atoms with Gasteiger partial charge in [0.2, 0.25) is 0 Å². The van der Waals surface area contributed by atoms with Crippen molar-refractivity contribution in [2.24, 2.45) is 7.05 Å². The van der Waals surface area contributed by atoms with E-state index in [1.807, 2.05) is 0 Å². The van der Waals surface area contributed by atoms with Crippen molar-refractivity contribution < 1.29 is 4.42 Å². The van der Waals surface area contributed by atoms with E-state index in [4.69, 9.17) is 4.42 Å². The SMILES string of the molecule is Cn1c(=O)oc2cc(C(C#N)c3cccnn3)ccc21. The van der Waals surface area contributed by atoms with Crippen LogP contribution in [0.5, 0.6) is 0 Å². The third-order valence-electron chi connectivity index (χ3n) is 3.17. The van der Waals surface area contributed by atoms with Crippen LogP contribution in [0.4, 0.5) is 0 Å². The molecule has 0 saturated carbocycles. The maximum absolute atomic E-state index is 11.5. The lowest BCUT2D eigenvalue weighted by atomic mass is 9.97. The van der Waals surface area contributed by atoms with Crippen molar-refractivity contribution in [3.63, 3.8) is 0 Å². The average molecular weight is 266 g/mol. The Kier molecular flexibility index (Phi) is 2.80. The van der Waals surface area contributed by atoms with Gasteiger partial charge in [0.25, 0.3) is 0 Å². The van der Waals surface area contributed by atoms with Gasteiger partial charge in [-0.05, 0) is 29.8 Å². The summed E-state index contributed by atoms with van der Waals surface area (Å²) in [5.74, 6) is -0.969. The van der Waals surface area contributed by atoms with E-state index in [1.165, 1.54) is 4.57 Å². The summed E-state index contributed by atoms with van der Waals surface area (Å²) in [6.45, 7) is 0. The van der Waals surface area contributed by atoms with Gasteiger partial charge in [-0.2, -0.15) is 15.5 Å². The number of hydrogen-bond donors (Lipinski definition) is 0. The van der Waals surface area contributed by atoms with Crippen molar-refractivity contribution in [3.05, 3.63) is 58.3 Å². The first kappa shape index (κ1) is 12.1. The first-order valence-electron chi connectivity index (χ1n) is 5.97. The van der Waals surface area contributed by atoms with Crippen LogP contribution in [0.15, 0.2) is 45.7 Å². The summed E-state index contributed by atoms with van der Waals surface area (Å²) in [4.78, 5) is 11.5. The molecule has 2 aromatic heterocycles. The molecule has 0 bridgehead atoms. The third kappa shape index (κ3) is 1.86. The minimum atomic E-state index is -0.543. The molecule has 0 aliphatic carbocycles. The Morgan fingerprint density at radius 1 is 1.40 bits per heavy atom. The second-order valence-corrected chi connectivity index (χ2v) is 4.36. The second-order valence-electron chi connectivity index (χ2n) is 4.36. The van der Waals surface area contributed by atoms with Gasteiger partial charge in [-0.15, -0.1) is 0 Å². The van der Waals surface area contributed by atoms with E-state index in [-0.39, 0.29) is 0 Å². The van der Waals surface area contributed by atoms with E-state index in [1.54, 1.807) is 43.6 Å². The van der Waals surface area contributed by atoms with E-state index < -0.39 is 11.7 Å². The molecule has 0 saturated heterocycles. The number of oxazole rings is 1. The highest BCUT2D eigenvalue weighted by Crippen LogP contribution is 2.25. The first-order chi connectivity index (χ1) is 9.70. The number of hydrogen-bond acceptors (Lipinski definition) is 5. The number of aryl methyl sites for hydroxylation is 1. The van der Waals surface area contributed by atoms with Crippen LogP contribution in [0.3, 0.4) is 0 Å². The number of aromatic nitrogens is 3. The molecular formula is C14H10N4O2. The highest BCUT2D eigenvalue weighted by Gasteiger charge is 2.17. The van der Waals surface area contributed by atoms with Crippen LogP contribution < -0.4 is 5.76 Å². The van der Waals surface area contributed by atoms with Crippen LogP contribution in [-0.2, 0) is 7.05 Å². The molecule has 0 aliphatic heterocycles. The Morgan fingerprint density at radius 3 is 2.95 bits per heavy atom. The van der Waals surface area contributed by atoms with Gasteiger partial charge in [0.1, 0.15) is 5.92 Å². The Labute approximate surface area is 113 Å². The summed E-state index contributed by atoms with van der Waals surface area (Å²) in [5, 5.41) is 17.1. The van der Waals surface area contributed by atoms with E-state index in [0.717, 1.165) is 5.56 Å². The predicted molar refractivity (Wildman–Crippen MR) is 70.9 cm³/mol. The lowest BCUT2D eigenvalue weighted by Gasteiger charge is -2.07. The standard InChI is InChI=1S/C14H10N4O2/c1-18-12-5-4-9(7-13(12)20-14(18)19)10(8-15)11-3-2-6-16-17-11/h2-7,10H,1H3. The molecule has 0 N–H and O–H groups in total. The van der Waals surface area contributed by atoms with Crippen molar-refractivity contribution in [2.45, 2.75) is 5.92 Å². The van der Waals surface area contributed by atoms with Gasteiger partial charge in [0.05, 0.1) is 17.3 Å². The molecule has 6 heteroatoms. The Bertz CT molecular complexity index is 858. The molecular weight excluding hydrogens is 256 g/mol. The number of nitriles is 1. The monoisotopic (exact) mass is 266 g/mol. The first-order valence-corrected chi connectivity index (χ1v) is 5.97. The molecule has 0 aliphatic rings. The lowest BCUT2D eigenvalue weighted by molar-refractivity contribution is 0.528. The Balaban J connectivity index is 2.14. The fourth-order valence-corrected chi connectivity index (χ4v) is 2.11. The van der Waals surface area contributed by atoms with Gasteiger partial charge in [-0.3, -0.25) is 4.57 Å². The summed E-state index contributed by atoms with van der Waals surface area (Å²) < 4.78 is 6.55. The molecule has 20 heavy (non-hydrogen) atoms. The summed E-state index contributed by atoms with van der Waals surface area (Å²) in [5.41, 5.74) is 2.43. The average Bonchev–Trinajstić information content (AvgIpc) is 2.76. The number of rotatable bonds is 2. The summed E-state index contributed by atoms with van der Waals surface area (Å²) in [6.07, 6.45) is 1.55. The van der Waals surface area contributed by atoms with Crippen LogP contribution in [0, 0.1) is 11.3 Å². The fourth-order valence-electron chi connectivity index (χ4n) is 2.11. The van der Waals surface area contributed by atoms with Crippen molar-refractivity contribution in [3.8, 4) is 6.07 Å². The van der Waals surface area contributed by atoms with Crippen molar-refractivity contribution in [2.75, 3.05) is 0 Å². The van der Waals surface area contributed by atoms with E-state index >= 15 is 0 Å². The van der Waals surface area contributed by atoms with Crippen molar-refractivity contribution in [1.29, 1.82) is 5.26 Å². The topological polar surface area (TPSA) is 84.7 Å². The largest absolute Gasteiger partial charge is 0.419 e. The fraction of sp³-hybridized carbons (Fsp3) is 0.143. The zero-order valence-electron chi connectivity index (χ0n) is 10.6. The molecule has 1 atom stereocenters. The lowest BCUT2D eigenvalue weighted by Crippen LogP contribution is -2.08. The smallest absolute Gasteiger partial charge is 0.408 e. The van der Waals surface area contributed by atoms with Gasteiger partial charge in [0, 0.05) is 13.2 Å². The summed E-state index contributed by atoms with van der Waals surface area (Å²) in [7, 11) is 1.64. The maximum atomic E-state index is 11.5. The highest BCUT2D eigenvalue weighted by molar-refractivity contribution is 5.74. The Morgan fingerprint density at radius 2 is 2.25 bits per heavy atom. The molecule has 2 heterocycles. The summed E-state index contributed by atoms with van der Waals surface area (Å²) >= 11 is 0. The van der Waals surface area contributed by atoms with Gasteiger partial charge in [0.15, 0.2) is 5.58 Å². The van der Waals surface area contributed by atoms with Crippen molar-refractivity contribution in [1.82, 2.24) is 14.8 Å². The minimum absolute atomic E-state index is 0.426. The van der Waals surface area contributed by atoms with Gasteiger partial charge < -0.3 is 4.42 Å². The molecule has 3 aromatic rings. The number of nitrogens with zero attached hydrogens (tertiary/aromatic N) is 4. The second kappa shape index (κ2) is 4.63.